The molecule has 0 aliphatic rings. The first-order valence-corrected chi connectivity index (χ1v) is 15.0. The Bertz CT molecular complexity index is 1750. The molecule has 3 aromatic carbocycles. The molecule has 2 aromatic heterocycles. The number of rotatable bonds is 11. The van der Waals surface area contributed by atoms with Crippen LogP contribution in [0.4, 0.5) is 17.6 Å². The lowest BCUT2D eigenvalue weighted by Gasteiger charge is -2.11. The Hall–Kier alpha value is -4.97. The third-order valence-electron chi connectivity index (χ3n) is 6.34. The number of benzene rings is 3. The van der Waals surface area contributed by atoms with E-state index in [9.17, 15) is 8.42 Å². The molecule has 0 saturated heterocycles. The quantitative estimate of drug-likeness (QED) is 0.187. The Morgan fingerprint density at radius 3 is 1.95 bits per heavy atom. The zero-order chi connectivity index (χ0) is 29.7. The summed E-state index contributed by atoms with van der Waals surface area (Å²) in [7, 11) is -2.10. The fourth-order valence-corrected chi connectivity index (χ4v) is 5.28. The van der Waals surface area contributed by atoms with E-state index in [2.05, 4.69) is 30.3 Å². The molecule has 0 aliphatic carbocycles. The van der Waals surface area contributed by atoms with Gasteiger partial charge in [-0.25, -0.2) is 8.42 Å². The van der Waals surface area contributed by atoms with Crippen molar-refractivity contribution < 1.29 is 13.2 Å². The monoisotopic (exact) mass is 584 g/mol. The maximum absolute atomic E-state index is 12.9. The second-order valence-electron chi connectivity index (χ2n) is 9.39. The number of hydrogen-bond donors (Lipinski definition) is 3. The van der Waals surface area contributed by atoms with Crippen LogP contribution >= 0.6 is 0 Å². The molecule has 0 unspecified atom stereocenters. The Morgan fingerprint density at radius 1 is 0.786 bits per heavy atom. The minimum atomic E-state index is -3.72. The molecule has 0 saturated carbocycles. The molecule has 0 aliphatic heterocycles. The van der Waals surface area contributed by atoms with Gasteiger partial charge in [-0.1, -0.05) is 29.8 Å². The van der Waals surface area contributed by atoms with Gasteiger partial charge in [0.25, 0.3) is 16.0 Å². The van der Waals surface area contributed by atoms with Gasteiger partial charge in [-0.2, -0.15) is 24.7 Å². The van der Waals surface area contributed by atoms with Crippen molar-refractivity contribution in [1.29, 1.82) is 0 Å². The zero-order valence-corrected chi connectivity index (χ0v) is 24.6. The van der Waals surface area contributed by atoms with Crippen LogP contribution in [0.5, 0.6) is 5.75 Å². The van der Waals surface area contributed by atoms with Crippen molar-refractivity contribution in [3.8, 4) is 34.2 Å². The number of anilines is 3. The molecule has 42 heavy (non-hydrogen) atoms. The first-order chi connectivity index (χ1) is 20.3. The first kappa shape index (κ1) is 28.6. The number of sulfonamides is 1. The van der Waals surface area contributed by atoms with Crippen molar-refractivity contribution in [2.75, 3.05) is 35.6 Å². The number of ether oxygens (including phenoxy) is 1. The average molecular weight is 585 g/mol. The predicted molar refractivity (Wildman–Crippen MR) is 165 cm³/mol. The minimum absolute atomic E-state index is 0.200. The fourth-order valence-electron chi connectivity index (χ4n) is 4.22. The molecule has 5 aromatic rings. The number of nitrogens with zero attached hydrogens (tertiary/aromatic N) is 5. The van der Waals surface area contributed by atoms with E-state index < -0.39 is 10.0 Å². The molecule has 5 rings (SSSR count). The highest BCUT2D eigenvalue weighted by Gasteiger charge is 2.18. The van der Waals surface area contributed by atoms with Crippen molar-refractivity contribution in [1.82, 2.24) is 24.7 Å². The van der Waals surface area contributed by atoms with Crippen LogP contribution in [0.15, 0.2) is 83.8 Å². The number of aromatic nitrogens is 5. The Labute approximate surface area is 245 Å². The summed E-state index contributed by atoms with van der Waals surface area (Å²) in [4.78, 5) is 13.9. The molecule has 0 spiro atoms. The molecular formula is C30H32N8O3S. The van der Waals surface area contributed by atoms with Gasteiger partial charge in [0.05, 0.1) is 23.4 Å². The van der Waals surface area contributed by atoms with Crippen molar-refractivity contribution in [3.63, 3.8) is 0 Å². The second kappa shape index (κ2) is 12.3. The Morgan fingerprint density at radius 2 is 1.38 bits per heavy atom. The van der Waals surface area contributed by atoms with E-state index in [0.29, 0.717) is 42.3 Å². The lowest BCUT2D eigenvalue weighted by atomic mass is 10.1. The molecule has 0 bridgehead atoms. The summed E-state index contributed by atoms with van der Waals surface area (Å²) in [6.45, 7) is 7.13. The predicted octanol–water partition coefficient (Wildman–Crippen LogP) is 5.37. The number of nitrogens with one attached hydrogen (secondary N) is 3. The zero-order valence-electron chi connectivity index (χ0n) is 23.8. The minimum Gasteiger partial charge on any atom is -0.497 e. The van der Waals surface area contributed by atoms with Crippen LogP contribution in [0, 0.1) is 6.92 Å². The molecule has 2 heterocycles. The summed E-state index contributed by atoms with van der Waals surface area (Å²) in [5, 5.41) is 11.2. The van der Waals surface area contributed by atoms with E-state index in [1.54, 1.807) is 48.2 Å². The van der Waals surface area contributed by atoms with E-state index in [1.165, 1.54) is 0 Å². The van der Waals surface area contributed by atoms with Gasteiger partial charge >= 0.3 is 0 Å². The van der Waals surface area contributed by atoms with Crippen LogP contribution in [-0.2, 0) is 10.0 Å². The highest BCUT2D eigenvalue weighted by Crippen LogP contribution is 2.30. The van der Waals surface area contributed by atoms with Crippen LogP contribution in [0.25, 0.3) is 28.5 Å². The lowest BCUT2D eigenvalue weighted by molar-refractivity contribution is 0.415. The van der Waals surface area contributed by atoms with Crippen molar-refractivity contribution in [2.24, 2.45) is 0 Å². The second-order valence-corrected chi connectivity index (χ2v) is 11.1. The summed E-state index contributed by atoms with van der Waals surface area (Å²) < 4.78 is 35.4. The molecule has 0 radical (unpaired) electrons. The van der Waals surface area contributed by atoms with E-state index >= 15 is 0 Å². The lowest BCUT2D eigenvalue weighted by Crippen LogP contribution is -2.13. The third kappa shape index (κ3) is 6.33. The normalized spacial score (nSPS) is 11.2. The molecule has 11 nitrogen and oxygen atoms in total. The van der Waals surface area contributed by atoms with Crippen molar-refractivity contribution in [3.05, 3.63) is 84.4 Å². The van der Waals surface area contributed by atoms with Gasteiger partial charge in [0, 0.05) is 29.9 Å². The van der Waals surface area contributed by atoms with Gasteiger partial charge in [-0.3, -0.25) is 4.72 Å². The van der Waals surface area contributed by atoms with Crippen molar-refractivity contribution >= 4 is 27.6 Å². The fraction of sp³-hybridized carbons (Fsp3) is 0.200. The summed E-state index contributed by atoms with van der Waals surface area (Å²) >= 11 is 0. The Balaban J connectivity index is 1.53. The number of aryl methyl sites for hydroxylation is 1. The molecule has 0 amide bonds. The van der Waals surface area contributed by atoms with Gasteiger partial charge in [-0.15, -0.1) is 0 Å². The summed E-state index contributed by atoms with van der Waals surface area (Å²) in [5.41, 5.74) is 4.51. The van der Waals surface area contributed by atoms with Gasteiger partial charge in [-0.05, 0) is 75.4 Å². The third-order valence-corrected chi connectivity index (χ3v) is 7.74. The molecule has 216 valence electrons. The van der Waals surface area contributed by atoms with Crippen molar-refractivity contribution in [2.45, 2.75) is 25.7 Å². The van der Waals surface area contributed by atoms with Crippen LogP contribution in [-0.4, -0.2) is 53.3 Å². The summed E-state index contributed by atoms with van der Waals surface area (Å²) in [5.74, 6) is 1.94. The van der Waals surface area contributed by atoms with E-state index in [1.807, 2.05) is 63.2 Å². The standard InChI is InChI=1S/C30H32N8O3S/c1-5-31-28-33-29(32-6-2)35-30(34-28)38-27(22-11-15-24(41-4)16-12-22)19-26(36-38)21-9-13-23(14-10-21)37-42(39,40)25-17-7-20(3)8-18-25/h7-19,37H,5-6H2,1-4H3,(H2,31,32,33,34,35). The number of hydrogen-bond acceptors (Lipinski definition) is 9. The highest BCUT2D eigenvalue weighted by atomic mass is 32.2. The van der Waals surface area contributed by atoms with E-state index in [-0.39, 0.29) is 4.90 Å². The number of methoxy groups -OCH3 is 1. The van der Waals surface area contributed by atoms with Gasteiger partial charge in [0.15, 0.2) is 0 Å². The van der Waals surface area contributed by atoms with Gasteiger partial charge in [0.2, 0.25) is 11.9 Å². The topological polar surface area (TPSA) is 136 Å². The Kier molecular flexibility index (Phi) is 8.34. The summed E-state index contributed by atoms with van der Waals surface area (Å²) in [6, 6.07) is 23.3. The van der Waals surface area contributed by atoms with E-state index in [0.717, 1.165) is 28.1 Å². The average Bonchev–Trinajstić information content (AvgIpc) is 3.44. The molecule has 3 N–H and O–H groups in total. The molecule has 12 heteroatoms. The van der Waals surface area contributed by atoms with Gasteiger partial charge in [0.1, 0.15) is 5.75 Å². The SMILES string of the molecule is CCNc1nc(NCC)nc(-n2nc(-c3ccc(NS(=O)(=O)c4ccc(C)cc4)cc3)cc2-c2ccc(OC)cc2)n1. The smallest absolute Gasteiger partial charge is 0.261 e. The summed E-state index contributed by atoms with van der Waals surface area (Å²) in [6.07, 6.45) is 0. The largest absolute Gasteiger partial charge is 0.497 e. The maximum Gasteiger partial charge on any atom is 0.261 e. The molecular weight excluding hydrogens is 552 g/mol. The molecule has 0 fully saturated rings. The first-order valence-electron chi connectivity index (χ1n) is 13.5. The van der Waals surface area contributed by atoms with Crippen LogP contribution in [0.2, 0.25) is 0 Å². The van der Waals surface area contributed by atoms with Crippen LogP contribution < -0.4 is 20.1 Å². The maximum atomic E-state index is 12.9. The van der Waals surface area contributed by atoms with Crippen LogP contribution in [0.3, 0.4) is 0 Å². The van der Waals surface area contributed by atoms with Gasteiger partial charge < -0.3 is 15.4 Å². The van der Waals surface area contributed by atoms with Crippen LogP contribution in [0.1, 0.15) is 19.4 Å². The molecule has 0 atom stereocenters. The van der Waals surface area contributed by atoms with E-state index in [4.69, 9.17) is 9.84 Å². The highest BCUT2D eigenvalue weighted by molar-refractivity contribution is 7.92.